The summed E-state index contributed by atoms with van der Waals surface area (Å²) in [6.45, 7) is 5.60. The number of nitrogens with one attached hydrogen (secondary N) is 1. The van der Waals surface area contributed by atoms with E-state index in [1.165, 1.54) is 6.07 Å². The summed E-state index contributed by atoms with van der Waals surface area (Å²) in [5.41, 5.74) is 0.548. The van der Waals surface area contributed by atoms with Gasteiger partial charge in [-0.1, -0.05) is 22.9 Å². The molecule has 2 rings (SSSR count). The predicted molar refractivity (Wildman–Crippen MR) is 89.1 cm³/mol. The minimum atomic E-state index is -0.604. The van der Waals surface area contributed by atoms with Crippen LogP contribution in [0.15, 0.2) is 6.07 Å². The lowest BCUT2D eigenvalue weighted by molar-refractivity contribution is 0.0514. The van der Waals surface area contributed by atoms with Crippen LogP contribution in [0.4, 0.5) is 11.1 Å². The van der Waals surface area contributed by atoms with E-state index in [1.807, 2.05) is 0 Å². The van der Waals surface area contributed by atoms with Crippen LogP contribution in [0.1, 0.15) is 39.7 Å². The second-order valence-corrected chi connectivity index (χ2v) is 5.79. The molecule has 0 radical (unpaired) electrons. The van der Waals surface area contributed by atoms with Crippen molar-refractivity contribution in [3.05, 3.63) is 27.5 Å². The Morgan fingerprint density at radius 2 is 1.83 bits per heavy atom. The van der Waals surface area contributed by atoms with Gasteiger partial charge in [0.05, 0.1) is 18.9 Å². The van der Waals surface area contributed by atoms with Gasteiger partial charge < -0.3 is 9.47 Å². The van der Waals surface area contributed by atoms with Crippen molar-refractivity contribution >= 4 is 46.0 Å². The SMILES string of the molecule is CCOC(=O)c1cc(Cl)nc(Nc2nc(C)c(C(=O)OCC)s2)n1. The van der Waals surface area contributed by atoms with Crippen molar-refractivity contribution in [2.24, 2.45) is 0 Å². The molecule has 128 valence electrons. The summed E-state index contributed by atoms with van der Waals surface area (Å²) in [6, 6.07) is 1.31. The van der Waals surface area contributed by atoms with Gasteiger partial charge in [-0.15, -0.1) is 0 Å². The van der Waals surface area contributed by atoms with Crippen LogP contribution < -0.4 is 5.32 Å². The Labute approximate surface area is 147 Å². The van der Waals surface area contributed by atoms with Crippen molar-refractivity contribution in [3.63, 3.8) is 0 Å². The molecular formula is C14H15ClN4O4S. The van der Waals surface area contributed by atoms with E-state index in [-0.39, 0.29) is 30.0 Å². The quantitative estimate of drug-likeness (QED) is 0.611. The van der Waals surface area contributed by atoms with Gasteiger partial charge in [-0.2, -0.15) is 0 Å². The molecule has 1 N–H and O–H groups in total. The molecule has 24 heavy (non-hydrogen) atoms. The highest BCUT2D eigenvalue weighted by molar-refractivity contribution is 7.17. The first-order valence-electron chi connectivity index (χ1n) is 7.07. The zero-order valence-electron chi connectivity index (χ0n) is 13.3. The van der Waals surface area contributed by atoms with Gasteiger partial charge in [0.15, 0.2) is 10.8 Å². The average Bonchev–Trinajstić information content (AvgIpc) is 2.87. The van der Waals surface area contributed by atoms with Crippen LogP contribution in [0.3, 0.4) is 0 Å². The number of nitrogens with zero attached hydrogens (tertiary/aromatic N) is 3. The fraction of sp³-hybridized carbons (Fsp3) is 0.357. The number of ether oxygens (including phenoxy) is 2. The molecule has 2 heterocycles. The van der Waals surface area contributed by atoms with Crippen molar-refractivity contribution < 1.29 is 19.1 Å². The third-order valence-electron chi connectivity index (χ3n) is 2.66. The standard InChI is InChI=1S/C14H15ClN4O4S/c1-4-22-11(20)8-6-9(15)18-13(17-8)19-14-16-7(3)10(24-14)12(21)23-5-2/h6H,4-5H2,1-3H3,(H,16,17,18,19). The molecule has 2 aromatic heterocycles. The second kappa shape index (κ2) is 8.02. The molecule has 0 aliphatic carbocycles. The highest BCUT2D eigenvalue weighted by atomic mass is 35.5. The summed E-state index contributed by atoms with van der Waals surface area (Å²) < 4.78 is 9.84. The number of hydrogen-bond acceptors (Lipinski definition) is 9. The minimum absolute atomic E-state index is 0.0262. The summed E-state index contributed by atoms with van der Waals surface area (Å²) in [5.74, 6) is -0.970. The van der Waals surface area contributed by atoms with E-state index in [9.17, 15) is 9.59 Å². The number of rotatable bonds is 6. The Balaban J connectivity index is 2.24. The Morgan fingerprint density at radius 3 is 2.50 bits per heavy atom. The molecule has 0 fully saturated rings. The van der Waals surface area contributed by atoms with Gasteiger partial charge in [0.2, 0.25) is 5.95 Å². The van der Waals surface area contributed by atoms with Crippen molar-refractivity contribution in [1.82, 2.24) is 15.0 Å². The number of aryl methyl sites for hydroxylation is 1. The van der Waals surface area contributed by atoms with E-state index < -0.39 is 11.9 Å². The number of hydrogen-bond donors (Lipinski definition) is 1. The third kappa shape index (κ3) is 4.39. The van der Waals surface area contributed by atoms with E-state index in [4.69, 9.17) is 21.1 Å². The first-order valence-corrected chi connectivity index (χ1v) is 8.27. The van der Waals surface area contributed by atoms with Crippen molar-refractivity contribution in [2.75, 3.05) is 18.5 Å². The van der Waals surface area contributed by atoms with Crippen LogP contribution in [-0.4, -0.2) is 40.1 Å². The fourth-order valence-corrected chi connectivity index (χ4v) is 2.75. The summed E-state index contributed by atoms with van der Waals surface area (Å²) in [4.78, 5) is 36.2. The molecule has 0 saturated carbocycles. The Morgan fingerprint density at radius 1 is 1.17 bits per heavy atom. The molecule has 0 spiro atoms. The number of halogens is 1. The Kier molecular flexibility index (Phi) is 6.04. The predicted octanol–water partition coefficient (Wildman–Crippen LogP) is 2.99. The van der Waals surface area contributed by atoms with Crippen LogP contribution >= 0.6 is 22.9 Å². The van der Waals surface area contributed by atoms with E-state index in [0.29, 0.717) is 15.7 Å². The highest BCUT2D eigenvalue weighted by Gasteiger charge is 2.18. The summed E-state index contributed by atoms with van der Waals surface area (Å²) >= 11 is 7.00. The maximum Gasteiger partial charge on any atom is 0.357 e. The monoisotopic (exact) mass is 370 g/mol. The van der Waals surface area contributed by atoms with Crippen LogP contribution in [0, 0.1) is 6.92 Å². The van der Waals surface area contributed by atoms with Gasteiger partial charge in [0.1, 0.15) is 10.0 Å². The molecule has 0 unspecified atom stereocenters. The van der Waals surface area contributed by atoms with Crippen molar-refractivity contribution in [3.8, 4) is 0 Å². The van der Waals surface area contributed by atoms with Crippen LogP contribution in [0.2, 0.25) is 5.15 Å². The van der Waals surface area contributed by atoms with Gasteiger partial charge in [0, 0.05) is 6.07 Å². The molecule has 2 aromatic rings. The molecule has 0 amide bonds. The number of anilines is 2. The van der Waals surface area contributed by atoms with Crippen LogP contribution in [0.25, 0.3) is 0 Å². The summed E-state index contributed by atoms with van der Waals surface area (Å²) in [5, 5.41) is 3.29. The van der Waals surface area contributed by atoms with Gasteiger partial charge in [0.25, 0.3) is 0 Å². The van der Waals surface area contributed by atoms with Crippen LogP contribution in [-0.2, 0) is 9.47 Å². The number of aromatic nitrogens is 3. The highest BCUT2D eigenvalue weighted by Crippen LogP contribution is 2.26. The third-order valence-corrected chi connectivity index (χ3v) is 3.90. The van der Waals surface area contributed by atoms with E-state index in [0.717, 1.165) is 11.3 Å². The van der Waals surface area contributed by atoms with Crippen molar-refractivity contribution in [2.45, 2.75) is 20.8 Å². The topological polar surface area (TPSA) is 103 Å². The van der Waals surface area contributed by atoms with E-state index in [2.05, 4.69) is 20.3 Å². The molecular weight excluding hydrogens is 356 g/mol. The minimum Gasteiger partial charge on any atom is -0.462 e. The molecule has 0 aliphatic heterocycles. The van der Waals surface area contributed by atoms with Gasteiger partial charge >= 0.3 is 11.9 Å². The lowest BCUT2D eigenvalue weighted by Gasteiger charge is -2.05. The largest absolute Gasteiger partial charge is 0.462 e. The molecule has 10 heteroatoms. The first-order chi connectivity index (χ1) is 11.4. The molecule has 0 atom stereocenters. The molecule has 0 saturated heterocycles. The van der Waals surface area contributed by atoms with Gasteiger partial charge in [-0.3, -0.25) is 5.32 Å². The number of carbonyl (C=O) groups is 2. The summed E-state index contributed by atoms with van der Waals surface area (Å²) in [6.07, 6.45) is 0. The molecule has 0 aliphatic rings. The number of thiazole rings is 1. The second-order valence-electron chi connectivity index (χ2n) is 4.40. The molecule has 0 bridgehead atoms. The maximum atomic E-state index is 11.8. The summed E-state index contributed by atoms with van der Waals surface area (Å²) in [7, 11) is 0. The van der Waals surface area contributed by atoms with E-state index >= 15 is 0 Å². The van der Waals surface area contributed by atoms with Gasteiger partial charge in [-0.25, -0.2) is 24.5 Å². The smallest absolute Gasteiger partial charge is 0.357 e. The normalized spacial score (nSPS) is 10.3. The first kappa shape index (κ1) is 18.1. The average molecular weight is 371 g/mol. The Bertz CT molecular complexity index is 765. The van der Waals surface area contributed by atoms with E-state index in [1.54, 1.807) is 20.8 Å². The zero-order chi connectivity index (χ0) is 17.7. The Hall–Kier alpha value is -2.26. The maximum absolute atomic E-state index is 11.8. The molecule has 8 nitrogen and oxygen atoms in total. The van der Waals surface area contributed by atoms with Gasteiger partial charge in [-0.05, 0) is 20.8 Å². The molecule has 0 aromatic carbocycles. The van der Waals surface area contributed by atoms with Crippen molar-refractivity contribution in [1.29, 1.82) is 0 Å². The number of esters is 2. The fourth-order valence-electron chi connectivity index (χ4n) is 1.71. The lowest BCUT2D eigenvalue weighted by atomic mass is 10.4. The van der Waals surface area contributed by atoms with Crippen LogP contribution in [0.5, 0.6) is 0 Å². The number of carbonyl (C=O) groups excluding carboxylic acids is 2. The zero-order valence-corrected chi connectivity index (χ0v) is 14.8. The lowest BCUT2D eigenvalue weighted by Crippen LogP contribution is -2.09.